The molecular formula is C17H19N3O5S. The highest BCUT2D eigenvalue weighted by Crippen LogP contribution is 2.24. The normalized spacial score (nSPS) is 15.8. The molecule has 0 saturated carbocycles. The number of anilines is 1. The van der Waals surface area contributed by atoms with Gasteiger partial charge >= 0.3 is 0 Å². The molecule has 0 aliphatic carbocycles. The first-order valence-electron chi connectivity index (χ1n) is 8.11. The number of phenols is 1. The average molecular weight is 377 g/mol. The van der Waals surface area contributed by atoms with Crippen molar-refractivity contribution < 1.29 is 18.4 Å². The molecule has 1 heterocycles. The lowest BCUT2D eigenvalue weighted by Crippen LogP contribution is -2.49. The van der Waals surface area contributed by atoms with Crippen molar-refractivity contribution in [1.29, 1.82) is 0 Å². The van der Waals surface area contributed by atoms with Crippen LogP contribution in [0.1, 0.15) is 5.56 Å². The molecule has 1 aliphatic heterocycles. The molecule has 2 aromatic carbocycles. The van der Waals surface area contributed by atoms with Crippen LogP contribution in [0.15, 0.2) is 48.5 Å². The maximum Gasteiger partial charge on any atom is 0.273 e. The number of piperazine rings is 1. The number of phenolic OH excluding ortho intramolecular Hbond substituents is 1. The Morgan fingerprint density at radius 1 is 1.00 bits per heavy atom. The molecule has 1 aliphatic rings. The molecule has 8 nitrogen and oxygen atoms in total. The van der Waals surface area contributed by atoms with E-state index in [0.717, 1.165) is 5.69 Å². The average Bonchev–Trinajstić information content (AvgIpc) is 2.62. The summed E-state index contributed by atoms with van der Waals surface area (Å²) in [7, 11) is -3.64. The van der Waals surface area contributed by atoms with E-state index in [1.807, 2.05) is 4.90 Å². The molecule has 0 unspecified atom stereocenters. The number of para-hydroxylation sites is 1. The molecule has 1 fully saturated rings. The third-order valence-corrected chi connectivity index (χ3v) is 6.20. The molecule has 0 atom stereocenters. The number of hydrogen-bond acceptors (Lipinski definition) is 6. The quantitative estimate of drug-likeness (QED) is 0.631. The summed E-state index contributed by atoms with van der Waals surface area (Å²) >= 11 is 0. The Kier molecular flexibility index (Phi) is 5.10. The van der Waals surface area contributed by atoms with Gasteiger partial charge in [-0.15, -0.1) is 0 Å². The van der Waals surface area contributed by atoms with Gasteiger partial charge in [0.1, 0.15) is 5.75 Å². The predicted molar refractivity (Wildman–Crippen MR) is 97.6 cm³/mol. The summed E-state index contributed by atoms with van der Waals surface area (Å²) in [4.78, 5) is 12.6. The molecule has 1 N–H and O–H groups in total. The van der Waals surface area contributed by atoms with Gasteiger partial charge < -0.3 is 10.0 Å². The zero-order chi connectivity index (χ0) is 18.7. The first-order chi connectivity index (χ1) is 12.4. The van der Waals surface area contributed by atoms with E-state index in [2.05, 4.69) is 0 Å². The predicted octanol–water partition coefficient (Wildman–Crippen LogP) is 1.95. The molecule has 3 rings (SSSR count). The van der Waals surface area contributed by atoms with Crippen molar-refractivity contribution in [3.63, 3.8) is 0 Å². The van der Waals surface area contributed by atoms with Gasteiger partial charge in [0.25, 0.3) is 5.69 Å². The first kappa shape index (κ1) is 18.2. The fourth-order valence-electron chi connectivity index (χ4n) is 2.99. The Morgan fingerprint density at radius 3 is 2.23 bits per heavy atom. The Labute approximate surface area is 151 Å². The van der Waals surface area contributed by atoms with Crippen LogP contribution in [0.3, 0.4) is 0 Å². The lowest BCUT2D eigenvalue weighted by molar-refractivity contribution is -0.385. The minimum absolute atomic E-state index is 0.180. The van der Waals surface area contributed by atoms with Crippen molar-refractivity contribution in [3.8, 4) is 5.75 Å². The number of aromatic hydroxyl groups is 1. The zero-order valence-electron chi connectivity index (χ0n) is 14.0. The van der Waals surface area contributed by atoms with E-state index < -0.39 is 14.9 Å². The molecule has 0 spiro atoms. The van der Waals surface area contributed by atoms with Gasteiger partial charge in [-0.25, -0.2) is 8.42 Å². The minimum Gasteiger partial charge on any atom is -0.508 e. The largest absolute Gasteiger partial charge is 0.508 e. The number of nitro groups is 1. The molecular weight excluding hydrogens is 358 g/mol. The molecule has 0 radical (unpaired) electrons. The van der Waals surface area contributed by atoms with Gasteiger partial charge in [-0.2, -0.15) is 4.31 Å². The lowest BCUT2D eigenvalue weighted by Gasteiger charge is -2.35. The summed E-state index contributed by atoms with van der Waals surface area (Å²) in [6, 6.07) is 12.7. The van der Waals surface area contributed by atoms with Crippen LogP contribution in [0, 0.1) is 10.1 Å². The van der Waals surface area contributed by atoms with Gasteiger partial charge in [0.05, 0.1) is 10.7 Å². The molecule has 0 amide bonds. The van der Waals surface area contributed by atoms with Crippen molar-refractivity contribution in [3.05, 3.63) is 64.2 Å². The van der Waals surface area contributed by atoms with Gasteiger partial charge in [-0.05, 0) is 24.3 Å². The van der Waals surface area contributed by atoms with Gasteiger partial charge in [-0.1, -0.05) is 18.2 Å². The fraction of sp³-hybridized carbons (Fsp3) is 0.294. The third kappa shape index (κ3) is 3.94. The minimum atomic E-state index is -3.64. The Bertz CT molecular complexity index is 891. The van der Waals surface area contributed by atoms with Crippen LogP contribution < -0.4 is 4.90 Å². The zero-order valence-corrected chi connectivity index (χ0v) is 14.8. The standard InChI is InChI=1S/C17H19N3O5S/c21-16-7-5-15(6-8-16)18-9-11-19(12-10-18)26(24,25)13-14-3-1-2-4-17(14)20(22)23/h1-8,21H,9-13H2. The van der Waals surface area contributed by atoms with E-state index in [4.69, 9.17) is 0 Å². The van der Waals surface area contributed by atoms with Crippen molar-refractivity contribution >= 4 is 21.4 Å². The van der Waals surface area contributed by atoms with Gasteiger partial charge in [0, 0.05) is 43.5 Å². The first-order valence-corrected chi connectivity index (χ1v) is 9.72. The van der Waals surface area contributed by atoms with Gasteiger partial charge in [-0.3, -0.25) is 10.1 Å². The molecule has 0 bridgehead atoms. The second-order valence-corrected chi connectivity index (χ2v) is 8.01. The summed E-state index contributed by atoms with van der Waals surface area (Å²) < 4.78 is 26.7. The summed E-state index contributed by atoms with van der Waals surface area (Å²) in [6.07, 6.45) is 0. The molecule has 1 saturated heterocycles. The van der Waals surface area contributed by atoms with E-state index in [-0.39, 0.29) is 22.8 Å². The summed E-state index contributed by atoms with van der Waals surface area (Å²) in [5.41, 5.74) is 0.927. The SMILES string of the molecule is O=[N+]([O-])c1ccccc1CS(=O)(=O)N1CCN(c2ccc(O)cc2)CC1. The van der Waals surface area contributed by atoms with Crippen molar-refractivity contribution in [2.75, 3.05) is 31.1 Å². The lowest BCUT2D eigenvalue weighted by atomic mass is 10.2. The highest BCUT2D eigenvalue weighted by Gasteiger charge is 2.29. The monoisotopic (exact) mass is 377 g/mol. The number of sulfonamides is 1. The van der Waals surface area contributed by atoms with E-state index >= 15 is 0 Å². The maximum atomic E-state index is 12.7. The number of nitro benzene ring substituents is 1. The van der Waals surface area contributed by atoms with Crippen LogP contribution >= 0.6 is 0 Å². The highest BCUT2D eigenvalue weighted by atomic mass is 32.2. The highest BCUT2D eigenvalue weighted by molar-refractivity contribution is 7.88. The van der Waals surface area contributed by atoms with E-state index in [0.29, 0.717) is 26.2 Å². The number of nitrogens with zero attached hydrogens (tertiary/aromatic N) is 3. The van der Waals surface area contributed by atoms with Crippen LogP contribution in [-0.4, -0.2) is 48.9 Å². The van der Waals surface area contributed by atoms with Crippen LogP contribution in [0.2, 0.25) is 0 Å². The smallest absolute Gasteiger partial charge is 0.273 e. The Balaban J connectivity index is 1.68. The number of hydrogen-bond donors (Lipinski definition) is 1. The Hall–Kier alpha value is -2.65. The number of benzene rings is 2. The molecule has 138 valence electrons. The van der Waals surface area contributed by atoms with Crippen LogP contribution in [0.25, 0.3) is 0 Å². The molecule has 0 aromatic heterocycles. The van der Waals surface area contributed by atoms with Crippen molar-refractivity contribution in [1.82, 2.24) is 4.31 Å². The van der Waals surface area contributed by atoms with Crippen molar-refractivity contribution in [2.45, 2.75) is 5.75 Å². The summed E-state index contributed by atoms with van der Waals surface area (Å²) in [5.74, 6) is -0.206. The van der Waals surface area contributed by atoms with Gasteiger partial charge in [0.15, 0.2) is 0 Å². The third-order valence-electron chi connectivity index (χ3n) is 4.37. The van der Waals surface area contributed by atoms with Crippen molar-refractivity contribution in [2.24, 2.45) is 0 Å². The maximum absolute atomic E-state index is 12.7. The molecule has 2 aromatic rings. The van der Waals surface area contributed by atoms with Crippen LogP contribution in [-0.2, 0) is 15.8 Å². The Morgan fingerprint density at radius 2 is 1.62 bits per heavy atom. The second kappa shape index (κ2) is 7.30. The molecule has 26 heavy (non-hydrogen) atoms. The van der Waals surface area contributed by atoms with Gasteiger partial charge in [0.2, 0.25) is 10.0 Å². The summed E-state index contributed by atoms with van der Waals surface area (Å²) in [6.45, 7) is 1.65. The molecule has 9 heteroatoms. The second-order valence-electron chi connectivity index (χ2n) is 6.04. The number of rotatable bonds is 5. The topological polar surface area (TPSA) is 104 Å². The van der Waals surface area contributed by atoms with E-state index in [1.165, 1.54) is 22.5 Å². The summed E-state index contributed by atoms with van der Waals surface area (Å²) in [5, 5.41) is 20.4. The van der Waals surface area contributed by atoms with Crippen LogP contribution in [0.4, 0.5) is 11.4 Å². The van der Waals surface area contributed by atoms with Crippen LogP contribution in [0.5, 0.6) is 5.75 Å². The fourth-order valence-corrected chi connectivity index (χ4v) is 4.53. The van der Waals surface area contributed by atoms with E-state index in [9.17, 15) is 23.6 Å². The van der Waals surface area contributed by atoms with E-state index in [1.54, 1.807) is 30.3 Å².